The van der Waals surface area contributed by atoms with Crippen molar-refractivity contribution in [2.45, 2.75) is 63.9 Å². The van der Waals surface area contributed by atoms with E-state index in [9.17, 15) is 14.7 Å². The minimum atomic E-state index is -0.968. The molecule has 6 atom stereocenters. The van der Waals surface area contributed by atoms with Crippen molar-refractivity contribution in [2.24, 2.45) is 29.1 Å². The van der Waals surface area contributed by atoms with Gasteiger partial charge in [0.25, 0.3) is 0 Å². The highest BCUT2D eigenvalue weighted by atomic mass is 16.4. The van der Waals surface area contributed by atoms with Crippen LogP contribution in [0, 0.1) is 29.1 Å². The van der Waals surface area contributed by atoms with Crippen LogP contribution in [-0.2, 0) is 9.59 Å². The number of rotatable bonds is 4. The summed E-state index contributed by atoms with van der Waals surface area (Å²) in [5, 5.41) is 20.6. The first-order chi connectivity index (χ1) is 12.8. The highest BCUT2D eigenvalue weighted by Gasteiger charge is 2.62. The zero-order chi connectivity index (χ0) is 19.4. The van der Waals surface area contributed by atoms with Gasteiger partial charge in [-0.05, 0) is 79.4 Å². The predicted octanol–water partition coefficient (Wildman–Crippen LogP) is 4.06. The van der Waals surface area contributed by atoms with Crippen molar-refractivity contribution in [2.75, 3.05) is 0 Å². The van der Waals surface area contributed by atoms with Gasteiger partial charge in [0.1, 0.15) is 0 Å². The third-order valence-electron chi connectivity index (χ3n) is 8.25. The molecular weight excluding hydrogens is 340 g/mol. The molecule has 4 nitrogen and oxygen atoms in total. The molecule has 0 amide bonds. The second kappa shape index (κ2) is 6.44. The molecule has 4 aliphatic carbocycles. The fourth-order valence-electron chi connectivity index (χ4n) is 6.72. The Bertz CT molecular complexity index is 747. The van der Waals surface area contributed by atoms with Crippen molar-refractivity contribution in [3.8, 4) is 0 Å². The van der Waals surface area contributed by atoms with E-state index in [1.807, 2.05) is 6.08 Å². The van der Waals surface area contributed by atoms with Crippen LogP contribution < -0.4 is 0 Å². The molecule has 4 heteroatoms. The fraction of sp³-hybridized carbons (Fsp3) is 0.652. The van der Waals surface area contributed by atoms with E-state index >= 15 is 0 Å². The summed E-state index contributed by atoms with van der Waals surface area (Å²) in [6.45, 7) is 6.31. The lowest BCUT2D eigenvalue weighted by Gasteiger charge is -2.54. The molecule has 0 aromatic heterocycles. The van der Waals surface area contributed by atoms with Gasteiger partial charge in [-0.1, -0.05) is 25.7 Å². The van der Waals surface area contributed by atoms with E-state index < -0.39 is 11.6 Å². The van der Waals surface area contributed by atoms with Crippen LogP contribution in [0.3, 0.4) is 0 Å². The summed E-state index contributed by atoms with van der Waals surface area (Å²) < 4.78 is 0. The van der Waals surface area contributed by atoms with Gasteiger partial charge in [0, 0.05) is 18.3 Å². The quantitative estimate of drug-likeness (QED) is 0.732. The number of carbonyl (C=O) groups is 2. The maximum Gasteiger partial charge on any atom is 0.303 e. The van der Waals surface area contributed by atoms with Crippen molar-refractivity contribution in [1.82, 2.24) is 0 Å². The Kier molecular flexibility index (Phi) is 4.45. The SMILES string of the molecule is C=C(CCC(=O)O)[C@]1(O)CC[C@H]2[C@@H]3C=CC4=CC(=O)CC[C@@H]4[C@H]3CC[C@@]21C. The highest BCUT2D eigenvalue weighted by molar-refractivity contribution is 5.91. The number of carboxylic acid groups (broad SMARTS) is 1. The molecule has 0 unspecified atom stereocenters. The van der Waals surface area contributed by atoms with Gasteiger partial charge in [-0.3, -0.25) is 9.59 Å². The molecule has 2 saturated carbocycles. The first-order valence-electron chi connectivity index (χ1n) is 10.3. The molecule has 0 saturated heterocycles. The Labute approximate surface area is 161 Å². The number of fused-ring (bicyclic) bond motifs is 5. The Morgan fingerprint density at radius 1 is 1.26 bits per heavy atom. The fourth-order valence-corrected chi connectivity index (χ4v) is 6.72. The number of aliphatic hydroxyl groups is 1. The van der Waals surface area contributed by atoms with E-state index in [0.29, 0.717) is 48.5 Å². The molecule has 2 N–H and O–H groups in total. The van der Waals surface area contributed by atoms with Crippen molar-refractivity contribution >= 4 is 11.8 Å². The monoisotopic (exact) mass is 370 g/mol. The second-order valence-corrected chi connectivity index (χ2v) is 9.32. The molecule has 27 heavy (non-hydrogen) atoms. The van der Waals surface area contributed by atoms with E-state index in [1.54, 1.807) is 0 Å². The van der Waals surface area contributed by atoms with E-state index in [1.165, 1.54) is 5.57 Å². The van der Waals surface area contributed by atoms with Crippen LogP contribution in [0.1, 0.15) is 58.3 Å². The maximum absolute atomic E-state index is 11.8. The van der Waals surface area contributed by atoms with Gasteiger partial charge >= 0.3 is 5.97 Å². The van der Waals surface area contributed by atoms with Gasteiger partial charge in [0.15, 0.2) is 5.78 Å². The van der Waals surface area contributed by atoms with Crippen LogP contribution in [0.25, 0.3) is 0 Å². The Hall–Kier alpha value is -1.68. The third-order valence-corrected chi connectivity index (χ3v) is 8.25. The molecule has 0 spiro atoms. The number of carbonyl (C=O) groups excluding carboxylic acids is 1. The van der Waals surface area contributed by atoms with Gasteiger partial charge in [0.2, 0.25) is 0 Å². The average molecular weight is 370 g/mol. The van der Waals surface area contributed by atoms with Gasteiger partial charge in [-0.25, -0.2) is 0 Å². The summed E-state index contributed by atoms with van der Waals surface area (Å²) in [5.41, 5.74) is 0.678. The number of hydrogen-bond donors (Lipinski definition) is 2. The predicted molar refractivity (Wildman–Crippen MR) is 103 cm³/mol. The van der Waals surface area contributed by atoms with Crippen molar-refractivity contribution in [3.05, 3.63) is 36.0 Å². The zero-order valence-electron chi connectivity index (χ0n) is 16.1. The lowest BCUT2D eigenvalue weighted by Crippen LogP contribution is -2.52. The van der Waals surface area contributed by atoms with Gasteiger partial charge in [-0.15, -0.1) is 0 Å². The molecule has 4 aliphatic rings. The average Bonchev–Trinajstić information content (AvgIpc) is 2.91. The molecule has 0 radical (unpaired) electrons. The molecule has 146 valence electrons. The normalized spacial score (nSPS) is 42.7. The van der Waals surface area contributed by atoms with Crippen molar-refractivity contribution < 1.29 is 19.8 Å². The number of hydrogen-bond acceptors (Lipinski definition) is 3. The lowest BCUT2D eigenvalue weighted by molar-refractivity contribution is -0.137. The molecule has 0 aliphatic heterocycles. The minimum Gasteiger partial charge on any atom is -0.481 e. The molecule has 4 rings (SSSR count). The van der Waals surface area contributed by atoms with Gasteiger partial charge < -0.3 is 10.2 Å². The van der Waals surface area contributed by atoms with E-state index in [-0.39, 0.29) is 17.6 Å². The summed E-state index contributed by atoms with van der Waals surface area (Å²) >= 11 is 0. The second-order valence-electron chi connectivity index (χ2n) is 9.32. The largest absolute Gasteiger partial charge is 0.481 e. The van der Waals surface area contributed by atoms with E-state index in [0.717, 1.165) is 25.7 Å². The van der Waals surface area contributed by atoms with Crippen LogP contribution in [0.2, 0.25) is 0 Å². The number of aliphatic carboxylic acids is 1. The number of ketones is 1. The van der Waals surface area contributed by atoms with E-state index in [2.05, 4.69) is 25.7 Å². The van der Waals surface area contributed by atoms with Crippen LogP contribution in [-0.4, -0.2) is 27.6 Å². The van der Waals surface area contributed by atoms with Gasteiger partial charge in [0.05, 0.1) is 5.60 Å². The molecule has 2 fully saturated rings. The molecule has 0 aromatic carbocycles. The Morgan fingerprint density at radius 2 is 2.04 bits per heavy atom. The van der Waals surface area contributed by atoms with Crippen LogP contribution in [0.5, 0.6) is 0 Å². The third kappa shape index (κ3) is 2.75. The van der Waals surface area contributed by atoms with E-state index in [4.69, 9.17) is 5.11 Å². The van der Waals surface area contributed by atoms with Crippen molar-refractivity contribution in [3.63, 3.8) is 0 Å². The highest BCUT2D eigenvalue weighted by Crippen LogP contribution is 2.65. The summed E-state index contributed by atoms with van der Waals surface area (Å²) in [6, 6.07) is 0. The molecule has 0 bridgehead atoms. The summed E-state index contributed by atoms with van der Waals surface area (Å²) in [7, 11) is 0. The van der Waals surface area contributed by atoms with Crippen LogP contribution in [0.4, 0.5) is 0 Å². The molecule has 0 aromatic rings. The first-order valence-corrected chi connectivity index (χ1v) is 10.3. The number of allylic oxidation sites excluding steroid dienone is 4. The maximum atomic E-state index is 11.8. The summed E-state index contributed by atoms with van der Waals surface area (Å²) in [6.07, 6.45) is 11.9. The zero-order valence-corrected chi connectivity index (χ0v) is 16.1. The lowest BCUT2D eigenvalue weighted by atomic mass is 9.51. The standard InChI is InChI=1S/C23H30O4/c1-14(3-8-21(25)26)23(27)12-10-20-19-6-4-15-13-16(24)5-7-17(15)18(19)9-11-22(20,23)2/h4,6,13,17-20,27H,1,3,5,7-12H2,2H3,(H,25,26)/t17-,18+,19+,20-,22-,23+/m0/s1. The molecule has 0 heterocycles. The Balaban J connectivity index is 1.60. The van der Waals surface area contributed by atoms with Crippen molar-refractivity contribution in [1.29, 1.82) is 0 Å². The summed E-state index contributed by atoms with van der Waals surface area (Å²) in [4.78, 5) is 22.8. The topological polar surface area (TPSA) is 74.6 Å². The Morgan fingerprint density at radius 3 is 2.78 bits per heavy atom. The smallest absolute Gasteiger partial charge is 0.303 e. The van der Waals surface area contributed by atoms with Crippen LogP contribution in [0.15, 0.2) is 36.0 Å². The molecular formula is C23H30O4. The van der Waals surface area contributed by atoms with Gasteiger partial charge in [-0.2, -0.15) is 0 Å². The summed E-state index contributed by atoms with van der Waals surface area (Å²) in [5.74, 6) is 1.26. The van der Waals surface area contributed by atoms with Crippen LogP contribution >= 0.6 is 0 Å². The first kappa shape index (κ1) is 18.7. The minimum absolute atomic E-state index is 0.0259. The number of carboxylic acids is 1.